The van der Waals surface area contributed by atoms with E-state index in [1.165, 1.54) is 17.3 Å². The minimum Gasteiger partial charge on any atom is -0.383 e. The van der Waals surface area contributed by atoms with Crippen LogP contribution in [0.4, 0.5) is 0 Å². The molecule has 1 heterocycles. The SMILES string of the molecule is COCC(C)NC(=O)CSc1nnc(C)n1-c1cc(C)ccc1C. The number of aromatic nitrogens is 3. The van der Waals surface area contributed by atoms with E-state index in [4.69, 9.17) is 4.74 Å². The second kappa shape index (κ2) is 8.30. The molecule has 1 atom stereocenters. The molecule has 0 aliphatic carbocycles. The van der Waals surface area contributed by atoms with E-state index in [0.29, 0.717) is 6.61 Å². The zero-order chi connectivity index (χ0) is 17.7. The Morgan fingerprint density at radius 3 is 2.79 bits per heavy atom. The van der Waals surface area contributed by atoms with Crippen LogP contribution in [-0.4, -0.2) is 46.2 Å². The highest BCUT2D eigenvalue weighted by Gasteiger charge is 2.15. The van der Waals surface area contributed by atoms with E-state index in [1.54, 1.807) is 7.11 Å². The van der Waals surface area contributed by atoms with E-state index in [-0.39, 0.29) is 17.7 Å². The summed E-state index contributed by atoms with van der Waals surface area (Å²) in [5.74, 6) is 1.05. The molecule has 0 fully saturated rings. The fourth-order valence-corrected chi connectivity index (χ4v) is 3.21. The van der Waals surface area contributed by atoms with Crippen molar-refractivity contribution in [3.63, 3.8) is 0 Å². The van der Waals surface area contributed by atoms with Crippen molar-refractivity contribution in [2.75, 3.05) is 19.5 Å². The van der Waals surface area contributed by atoms with Gasteiger partial charge in [-0.15, -0.1) is 10.2 Å². The first-order chi connectivity index (χ1) is 11.4. The van der Waals surface area contributed by atoms with Crippen molar-refractivity contribution in [2.24, 2.45) is 0 Å². The highest BCUT2D eigenvalue weighted by molar-refractivity contribution is 7.99. The maximum atomic E-state index is 12.0. The Morgan fingerprint density at radius 1 is 1.33 bits per heavy atom. The molecule has 6 nitrogen and oxygen atoms in total. The van der Waals surface area contributed by atoms with E-state index in [9.17, 15) is 4.79 Å². The number of carbonyl (C=O) groups excluding carboxylic acids is 1. The first-order valence-corrected chi connectivity index (χ1v) is 8.81. The second-order valence-corrected chi connectivity index (χ2v) is 6.81. The molecular weight excluding hydrogens is 324 g/mol. The molecule has 0 saturated carbocycles. The van der Waals surface area contributed by atoms with Gasteiger partial charge in [-0.3, -0.25) is 9.36 Å². The van der Waals surface area contributed by atoms with Crippen LogP contribution in [0.3, 0.4) is 0 Å². The van der Waals surface area contributed by atoms with Crippen LogP contribution < -0.4 is 5.32 Å². The first-order valence-electron chi connectivity index (χ1n) is 7.83. The molecule has 0 bridgehead atoms. The summed E-state index contributed by atoms with van der Waals surface area (Å²) in [7, 11) is 1.62. The molecule has 0 aliphatic rings. The molecule has 1 aromatic carbocycles. The van der Waals surface area contributed by atoms with Gasteiger partial charge in [-0.1, -0.05) is 23.9 Å². The van der Waals surface area contributed by atoms with Crippen LogP contribution in [0.2, 0.25) is 0 Å². The average molecular weight is 348 g/mol. The average Bonchev–Trinajstić information content (AvgIpc) is 2.88. The summed E-state index contributed by atoms with van der Waals surface area (Å²) in [4.78, 5) is 12.0. The normalized spacial score (nSPS) is 12.2. The fourth-order valence-electron chi connectivity index (χ4n) is 2.41. The number of ether oxygens (including phenoxy) is 1. The summed E-state index contributed by atoms with van der Waals surface area (Å²) in [5.41, 5.74) is 3.36. The van der Waals surface area contributed by atoms with E-state index >= 15 is 0 Å². The Balaban J connectivity index is 2.13. The number of carbonyl (C=O) groups is 1. The third-order valence-electron chi connectivity index (χ3n) is 3.56. The Kier molecular flexibility index (Phi) is 6.39. The quantitative estimate of drug-likeness (QED) is 0.778. The lowest BCUT2D eigenvalue weighted by Gasteiger charge is -2.14. The van der Waals surface area contributed by atoms with E-state index in [1.807, 2.05) is 18.4 Å². The molecule has 0 spiro atoms. The number of hydrogen-bond donors (Lipinski definition) is 1. The Morgan fingerprint density at radius 2 is 2.08 bits per heavy atom. The highest BCUT2D eigenvalue weighted by Crippen LogP contribution is 2.24. The number of hydrogen-bond acceptors (Lipinski definition) is 5. The molecule has 1 aromatic heterocycles. The van der Waals surface area contributed by atoms with Gasteiger partial charge in [0.15, 0.2) is 5.16 Å². The van der Waals surface area contributed by atoms with Crippen molar-refractivity contribution in [2.45, 2.75) is 38.9 Å². The molecule has 0 aliphatic heterocycles. The maximum Gasteiger partial charge on any atom is 0.230 e. The summed E-state index contributed by atoms with van der Waals surface area (Å²) < 4.78 is 7.02. The van der Waals surface area contributed by atoms with Gasteiger partial charge in [0, 0.05) is 13.2 Å². The van der Waals surface area contributed by atoms with E-state index in [0.717, 1.165) is 22.2 Å². The summed E-state index contributed by atoms with van der Waals surface area (Å²) >= 11 is 1.38. The number of amides is 1. The molecule has 1 amide bonds. The number of thioether (sulfide) groups is 1. The number of benzene rings is 1. The standard InChI is InChI=1S/C17H24N4O2S/c1-11-6-7-12(2)15(8-11)21-14(4)19-20-17(21)24-10-16(22)18-13(3)9-23-5/h6-8,13H,9-10H2,1-5H3,(H,18,22). The predicted octanol–water partition coefficient (Wildman–Crippen LogP) is 2.44. The van der Waals surface area contributed by atoms with Gasteiger partial charge in [0.2, 0.25) is 5.91 Å². The number of nitrogens with zero attached hydrogens (tertiary/aromatic N) is 3. The smallest absolute Gasteiger partial charge is 0.230 e. The summed E-state index contributed by atoms with van der Waals surface area (Å²) in [6, 6.07) is 6.26. The minimum atomic E-state index is -0.0438. The molecule has 24 heavy (non-hydrogen) atoms. The summed E-state index contributed by atoms with van der Waals surface area (Å²) in [6.45, 7) is 8.43. The van der Waals surface area contributed by atoms with E-state index < -0.39 is 0 Å². The molecule has 2 aromatic rings. The lowest BCUT2D eigenvalue weighted by Crippen LogP contribution is -2.36. The topological polar surface area (TPSA) is 69.0 Å². The van der Waals surface area contributed by atoms with Gasteiger partial charge in [-0.05, 0) is 44.9 Å². The number of nitrogens with one attached hydrogen (secondary N) is 1. The van der Waals surface area contributed by atoms with Gasteiger partial charge in [0.1, 0.15) is 5.82 Å². The Hall–Kier alpha value is -1.86. The van der Waals surface area contributed by atoms with Crippen LogP contribution in [0.25, 0.3) is 5.69 Å². The van der Waals surface area contributed by atoms with Crippen molar-refractivity contribution >= 4 is 17.7 Å². The first kappa shape index (κ1) is 18.5. The van der Waals surface area contributed by atoms with Crippen molar-refractivity contribution in [1.29, 1.82) is 0 Å². The molecule has 1 N–H and O–H groups in total. The Bertz CT molecular complexity index is 715. The molecule has 2 rings (SSSR count). The van der Waals surface area contributed by atoms with Crippen molar-refractivity contribution in [3.8, 4) is 5.69 Å². The third-order valence-corrected chi connectivity index (χ3v) is 4.49. The molecule has 7 heteroatoms. The van der Waals surface area contributed by atoms with Gasteiger partial charge in [-0.2, -0.15) is 0 Å². The maximum absolute atomic E-state index is 12.0. The zero-order valence-electron chi connectivity index (χ0n) is 14.8. The number of methoxy groups -OCH3 is 1. The zero-order valence-corrected chi connectivity index (χ0v) is 15.6. The van der Waals surface area contributed by atoms with Crippen LogP contribution in [0.15, 0.2) is 23.4 Å². The lowest BCUT2D eigenvalue weighted by atomic mass is 10.1. The van der Waals surface area contributed by atoms with Gasteiger partial charge in [0.05, 0.1) is 18.0 Å². The van der Waals surface area contributed by atoms with Gasteiger partial charge in [0.25, 0.3) is 0 Å². The second-order valence-electron chi connectivity index (χ2n) is 5.87. The van der Waals surface area contributed by atoms with Gasteiger partial charge < -0.3 is 10.1 Å². The summed E-state index contributed by atoms with van der Waals surface area (Å²) in [5, 5.41) is 12.0. The predicted molar refractivity (Wildman–Crippen MR) is 95.8 cm³/mol. The number of rotatable bonds is 7. The van der Waals surface area contributed by atoms with Crippen molar-refractivity contribution in [1.82, 2.24) is 20.1 Å². The van der Waals surface area contributed by atoms with Crippen LogP contribution >= 0.6 is 11.8 Å². The van der Waals surface area contributed by atoms with Crippen LogP contribution in [0.5, 0.6) is 0 Å². The van der Waals surface area contributed by atoms with Crippen LogP contribution in [-0.2, 0) is 9.53 Å². The van der Waals surface area contributed by atoms with Crippen molar-refractivity contribution < 1.29 is 9.53 Å². The Labute approximate surface area is 147 Å². The van der Waals surface area contributed by atoms with E-state index in [2.05, 4.69) is 47.6 Å². The third kappa shape index (κ3) is 4.58. The monoisotopic (exact) mass is 348 g/mol. The molecule has 1 unspecified atom stereocenters. The largest absolute Gasteiger partial charge is 0.383 e. The van der Waals surface area contributed by atoms with Crippen LogP contribution in [0, 0.1) is 20.8 Å². The molecule has 130 valence electrons. The molecule has 0 radical (unpaired) electrons. The number of aryl methyl sites for hydroxylation is 3. The molecule has 0 saturated heterocycles. The van der Waals surface area contributed by atoms with Gasteiger partial charge in [-0.25, -0.2) is 0 Å². The highest BCUT2D eigenvalue weighted by atomic mass is 32.2. The molecular formula is C17H24N4O2S. The minimum absolute atomic E-state index is 0.0123. The van der Waals surface area contributed by atoms with Crippen LogP contribution in [0.1, 0.15) is 23.9 Å². The lowest BCUT2D eigenvalue weighted by molar-refractivity contribution is -0.119. The van der Waals surface area contributed by atoms with Gasteiger partial charge >= 0.3 is 0 Å². The van der Waals surface area contributed by atoms with Crippen molar-refractivity contribution in [3.05, 3.63) is 35.2 Å². The summed E-state index contributed by atoms with van der Waals surface area (Å²) in [6.07, 6.45) is 0. The fraction of sp³-hybridized carbons (Fsp3) is 0.471.